The van der Waals surface area contributed by atoms with Gasteiger partial charge in [0.2, 0.25) is 5.91 Å². The molecule has 0 spiro atoms. The molecule has 7 heteroatoms. The summed E-state index contributed by atoms with van der Waals surface area (Å²) in [5, 5.41) is 6.23. The van der Waals surface area contributed by atoms with Gasteiger partial charge in [-0.3, -0.25) is 9.20 Å². The standard InChI is InChI=1S/C17H13ClN4OS/c1-10-8-11-9-12(2-3-13(11)19-10)20-15(23)5-4-14-16(18)21-17-22(14)6-7-24-17/h2-9,19H,1H3,(H,20,23)/b5-4-. The molecule has 3 heterocycles. The Hall–Kier alpha value is -2.57. The van der Waals surface area contributed by atoms with E-state index < -0.39 is 0 Å². The maximum atomic E-state index is 12.2. The highest BCUT2D eigenvalue weighted by molar-refractivity contribution is 7.15. The molecule has 2 N–H and O–H groups in total. The first-order chi connectivity index (χ1) is 11.6. The third-order valence-corrected chi connectivity index (χ3v) is 4.70. The number of aromatic amines is 1. The van der Waals surface area contributed by atoms with Crippen molar-refractivity contribution in [3.05, 3.63) is 58.5 Å². The van der Waals surface area contributed by atoms with E-state index >= 15 is 0 Å². The highest BCUT2D eigenvalue weighted by atomic mass is 35.5. The van der Waals surface area contributed by atoms with Crippen LogP contribution in [0.3, 0.4) is 0 Å². The molecule has 0 fully saturated rings. The molecule has 0 unspecified atom stereocenters. The Bertz CT molecular complexity index is 1090. The lowest BCUT2D eigenvalue weighted by atomic mass is 10.2. The van der Waals surface area contributed by atoms with E-state index in [4.69, 9.17) is 11.6 Å². The van der Waals surface area contributed by atoms with Crippen molar-refractivity contribution in [1.82, 2.24) is 14.4 Å². The molecule has 120 valence electrons. The molecule has 4 rings (SSSR count). The largest absolute Gasteiger partial charge is 0.359 e. The van der Waals surface area contributed by atoms with E-state index in [1.165, 1.54) is 17.4 Å². The molecule has 1 aromatic carbocycles. The third kappa shape index (κ3) is 2.70. The Labute approximate surface area is 146 Å². The Morgan fingerprint density at radius 3 is 3.17 bits per heavy atom. The summed E-state index contributed by atoms with van der Waals surface area (Å²) < 4.78 is 1.85. The number of anilines is 1. The summed E-state index contributed by atoms with van der Waals surface area (Å²) in [4.78, 5) is 20.4. The molecule has 0 atom stereocenters. The molecule has 0 radical (unpaired) electrons. The second kappa shape index (κ2) is 5.81. The van der Waals surface area contributed by atoms with E-state index in [0.717, 1.165) is 27.2 Å². The number of aryl methyl sites for hydroxylation is 1. The van der Waals surface area contributed by atoms with Gasteiger partial charge in [0.25, 0.3) is 0 Å². The van der Waals surface area contributed by atoms with Crippen LogP contribution < -0.4 is 5.32 Å². The minimum atomic E-state index is -0.220. The minimum Gasteiger partial charge on any atom is -0.359 e. The van der Waals surface area contributed by atoms with Gasteiger partial charge in [-0.1, -0.05) is 11.6 Å². The van der Waals surface area contributed by atoms with Crippen LogP contribution in [0, 0.1) is 6.92 Å². The summed E-state index contributed by atoms with van der Waals surface area (Å²) in [5.41, 5.74) is 3.58. The fourth-order valence-electron chi connectivity index (χ4n) is 2.62. The summed E-state index contributed by atoms with van der Waals surface area (Å²) in [6, 6.07) is 7.80. The van der Waals surface area contributed by atoms with Crippen LogP contribution in [0.5, 0.6) is 0 Å². The first-order valence-corrected chi connectivity index (χ1v) is 8.55. The molecular weight excluding hydrogens is 344 g/mol. The van der Waals surface area contributed by atoms with E-state index in [0.29, 0.717) is 10.8 Å². The topological polar surface area (TPSA) is 62.2 Å². The molecule has 24 heavy (non-hydrogen) atoms. The van der Waals surface area contributed by atoms with Gasteiger partial charge >= 0.3 is 0 Å². The van der Waals surface area contributed by atoms with Crippen LogP contribution in [0.2, 0.25) is 5.15 Å². The Balaban J connectivity index is 1.55. The van der Waals surface area contributed by atoms with Crippen molar-refractivity contribution in [2.45, 2.75) is 6.92 Å². The van der Waals surface area contributed by atoms with Crippen molar-refractivity contribution in [3.8, 4) is 0 Å². The maximum absolute atomic E-state index is 12.2. The molecule has 0 aliphatic rings. The number of hydrogen-bond donors (Lipinski definition) is 2. The van der Waals surface area contributed by atoms with Crippen LogP contribution in [0.15, 0.2) is 41.9 Å². The van der Waals surface area contributed by atoms with Crippen LogP contribution in [0.25, 0.3) is 21.9 Å². The maximum Gasteiger partial charge on any atom is 0.248 e. The first-order valence-electron chi connectivity index (χ1n) is 7.29. The molecule has 0 saturated heterocycles. The van der Waals surface area contributed by atoms with E-state index in [1.54, 1.807) is 6.08 Å². The first kappa shape index (κ1) is 15.0. The fraction of sp³-hybridized carbons (Fsp3) is 0.0588. The van der Waals surface area contributed by atoms with Gasteiger partial charge in [0.15, 0.2) is 10.1 Å². The predicted molar refractivity (Wildman–Crippen MR) is 98.8 cm³/mol. The van der Waals surface area contributed by atoms with E-state index in [1.807, 2.05) is 47.2 Å². The monoisotopic (exact) mass is 356 g/mol. The van der Waals surface area contributed by atoms with Gasteiger partial charge in [0, 0.05) is 39.9 Å². The number of halogens is 1. The van der Waals surface area contributed by atoms with E-state index in [2.05, 4.69) is 15.3 Å². The Morgan fingerprint density at radius 1 is 1.42 bits per heavy atom. The normalized spacial score (nSPS) is 11.8. The van der Waals surface area contributed by atoms with Crippen LogP contribution in [-0.2, 0) is 4.79 Å². The number of carbonyl (C=O) groups excluding carboxylic acids is 1. The van der Waals surface area contributed by atoms with Crippen molar-refractivity contribution < 1.29 is 4.79 Å². The lowest BCUT2D eigenvalue weighted by Gasteiger charge is -2.02. The van der Waals surface area contributed by atoms with E-state index in [-0.39, 0.29) is 5.91 Å². The van der Waals surface area contributed by atoms with Gasteiger partial charge in [-0.15, -0.1) is 11.3 Å². The van der Waals surface area contributed by atoms with Gasteiger partial charge in [-0.25, -0.2) is 4.98 Å². The van der Waals surface area contributed by atoms with Gasteiger partial charge in [0.05, 0.1) is 5.69 Å². The number of rotatable bonds is 3. The minimum absolute atomic E-state index is 0.220. The number of carbonyl (C=O) groups is 1. The molecule has 4 aromatic rings. The predicted octanol–water partition coefficient (Wildman–Crippen LogP) is 4.49. The molecule has 0 aliphatic carbocycles. The van der Waals surface area contributed by atoms with Crippen LogP contribution in [-0.4, -0.2) is 20.3 Å². The zero-order valence-corrected chi connectivity index (χ0v) is 14.3. The van der Waals surface area contributed by atoms with Crippen molar-refractivity contribution >= 4 is 56.5 Å². The fourth-order valence-corrected chi connectivity index (χ4v) is 3.63. The zero-order chi connectivity index (χ0) is 16.7. The Morgan fingerprint density at radius 2 is 2.29 bits per heavy atom. The smallest absolute Gasteiger partial charge is 0.248 e. The average molecular weight is 357 g/mol. The van der Waals surface area contributed by atoms with Crippen LogP contribution >= 0.6 is 22.9 Å². The summed E-state index contributed by atoms with van der Waals surface area (Å²) in [5.74, 6) is -0.220. The third-order valence-electron chi connectivity index (χ3n) is 3.67. The second-order valence-electron chi connectivity index (χ2n) is 5.42. The highest BCUT2D eigenvalue weighted by Crippen LogP contribution is 2.23. The summed E-state index contributed by atoms with van der Waals surface area (Å²) >= 11 is 7.60. The van der Waals surface area contributed by atoms with Crippen molar-refractivity contribution in [3.63, 3.8) is 0 Å². The van der Waals surface area contributed by atoms with Gasteiger partial charge in [-0.2, -0.15) is 0 Å². The van der Waals surface area contributed by atoms with Crippen molar-refractivity contribution in [2.75, 3.05) is 5.32 Å². The molecule has 1 amide bonds. The number of H-pyrrole nitrogens is 1. The summed E-state index contributed by atoms with van der Waals surface area (Å²) in [6.45, 7) is 2.00. The second-order valence-corrected chi connectivity index (χ2v) is 6.65. The van der Waals surface area contributed by atoms with E-state index in [9.17, 15) is 4.79 Å². The summed E-state index contributed by atoms with van der Waals surface area (Å²) in [7, 11) is 0. The molecule has 0 bridgehead atoms. The van der Waals surface area contributed by atoms with Gasteiger partial charge in [-0.05, 0) is 37.3 Å². The number of nitrogens with one attached hydrogen (secondary N) is 2. The van der Waals surface area contributed by atoms with Crippen LogP contribution in [0.1, 0.15) is 11.4 Å². The number of nitrogens with zero attached hydrogens (tertiary/aromatic N) is 2. The van der Waals surface area contributed by atoms with Crippen molar-refractivity contribution in [2.24, 2.45) is 0 Å². The number of thiazole rings is 1. The molecular formula is C17H13ClN4OS. The van der Waals surface area contributed by atoms with Gasteiger partial charge in [0.1, 0.15) is 0 Å². The molecule has 0 saturated carbocycles. The number of fused-ring (bicyclic) bond motifs is 2. The molecule has 5 nitrogen and oxygen atoms in total. The zero-order valence-electron chi connectivity index (χ0n) is 12.7. The number of imidazole rings is 1. The Kier molecular flexibility index (Phi) is 3.63. The molecule has 0 aliphatic heterocycles. The number of hydrogen-bond acceptors (Lipinski definition) is 3. The number of aromatic nitrogens is 3. The lowest BCUT2D eigenvalue weighted by Crippen LogP contribution is -2.07. The summed E-state index contributed by atoms with van der Waals surface area (Å²) in [6.07, 6.45) is 5.00. The number of benzene rings is 1. The van der Waals surface area contributed by atoms with Crippen LogP contribution in [0.4, 0.5) is 5.69 Å². The quantitative estimate of drug-likeness (QED) is 0.531. The van der Waals surface area contributed by atoms with Gasteiger partial charge < -0.3 is 10.3 Å². The highest BCUT2D eigenvalue weighted by Gasteiger charge is 2.09. The SMILES string of the molecule is Cc1cc2cc(NC(=O)/C=C\c3c(Cl)nc4sccn34)ccc2[nH]1. The van der Waals surface area contributed by atoms with Crippen molar-refractivity contribution in [1.29, 1.82) is 0 Å². The number of amides is 1. The molecule has 3 aromatic heterocycles. The average Bonchev–Trinajstić information content (AvgIpc) is 3.19. The lowest BCUT2D eigenvalue weighted by molar-refractivity contribution is -0.111.